The Balaban J connectivity index is 2.07. The average Bonchev–Trinajstić information content (AvgIpc) is 2.66. The first-order valence-corrected chi connectivity index (χ1v) is 5.58. The Hall–Kier alpha value is -1.41. The van der Waals surface area contributed by atoms with Crippen molar-refractivity contribution in [2.45, 2.75) is 20.4 Å². The lowest BCUT2D eigenvalue weighted by atomic mass is 10.2. The molecule has 0 unspecified atom stereocenters. The summed E-state index contributed by atoms with van der Waals surface area (Å²) in [5.41, 5.74) is 2.22. The molecule has 84 valence electrons. The van der Waals surface area contributed by atoms with Crippen molar-refractivity contribution in [2.24, 2.45) is 0 Å². The molecular weight excluding hydrogens is 222 g/mol. The van der Waals surface area contributed by atoms with Crippen LogP contribution in [-0.2, 0) is 6.54 Å². The molecule has 1 aromatic heterocycles. The van der Waals surface area contributed by atoms with Crippen molar-refractivity contribution < 1.29 is 4.42 Å². The molecule has 0 bridgehead atoms. The second-order valence-electron chi connectivity index (χ2n) is 3.83. The van der Waals surface area contributed by atoms with E-state index < -0.39 is 0 Å². The van der Waals surface area contributed by atoms with Gasteiger partial charge in [-0.05, 0) is 43.7 Å². The molecule has 1 N–H and O–H groups in total. The second-order valence-corrected chi connectivity index (χ2v) is 4.26. The van der Waals surface area contributed by atoms with E-state index >= 15 is 0 Å². The standard InChI is InChI=1S/C13H14ClNO/c1-9-3-5-11(14)7-13(9)15-8-12-6-4-10(2)16-12/h3-7,15H,8H2,1-2H3. The van der Waals surface area contributed by atoms with Crippen molar-refractivity contribution >= 4 is 17.3 Å². The third-order valence-corrected chi connectivity index (χ3v) is 2.68. The summed E-state index contributed by atoms with van der Waals surface area (Å²) in [6.07, 6.45) is 0. The number of rotatable bonds is 3. The first-order chi connectivity index (χ1) is 7.65. The first kappa shape index (κ1) is 11.1. The molecule has 0 saturated heterocycles. The molecule has 1 aromatic carbocycles. The van der Waals surface area contributed by atoms with Crippen molar-refractivity contribution in [3.8, 4) is 0 Å². The van der Waals surface area contributed by atoms with E-state index in [1.807, 2.05) is 44.2 Å². The number of anilines is 1. The summed E-state index contributed by atoms with van der Waals surface area (Å²) in [5, 5.41) is 4.04. The summed E-state index contributed by atoms with van der Waals surface area (Å²) in [5.74, 6) is 1.86. The molecule has 16 heavy (non-hydrogen) atoms. The Morgan fingerprint density at radius 3 is 2.69 bits per heavy atom. The molecule has 1 heterocycles. The lowest BCUT2D eigenvalue weighted by Crippen LogP contribution is -1.99. The molecule has 0 amide bonds. The zero-order valence-corrected chi connectivity index (χ0v) is 10.1. The highest BCUT2D eigenvalue weighted by molar-refractivity contribution is 6.30. The molecule has 0 aliphatic carbocycles. The Kier molecular flexibility index (Phi) is 3.20. The lowest BCUT2D eigenvalue weighted by Gasteiger charge is -2.08. The molecule has 0 saturated carbocycles. The van der Waals surface area contributed by atoms with Gasteiger partial charge in [-0.2, -0.15) is 0 Å². The van der Waals surface area contributed by atoms with Crippen molar-refractivity contribution in [1.82, 2.24) is 0 Å². The maximum absolute atomic E-state index is 5.94. The van der Waals surface area contributed by atoms with Crippen molar-refractivity contribution in [3.63, 3.8) is 0 Å². The van der Waals surface area contributed by atoms with Crippen LogP contribution in [0.25, 0.3) is 0 Å². The first-order valence-electron chi connectivity index (χ1n) is 5.20. The molecule has 0 aliphatic heterocycles. The topological polar surface area (TPSA) is 25.2 Å². The minimum absolute atomic E-state index is 0.676. The molecule has 0 aliphatic rings. The molecule has 2 aromatic rings. The molecule has 0 fully saturated rings. The van der Waals surface area contributed by atoms with Gasteiger partial charge < -0.3 is 9.73 Å². The number of aryl methyl sites for hydroxylation is 2. The van der Waals surface area contributed by atoms with Gasteiger partial charge in [0.05, 0.1) is 6.54 Å². The summed E-state index contributed by atoms with van der Waals surface area (Å²) < 4.78 is 5.48. The minimum Gasteiger partial charge on any atom is -0.465 e. The van der Waals surface area contributed by atoms with Crippen molar-refractivity contribution in [2.75, 3.05) is 5.32 Å². The average molecular weight is 236 g/mol. The van der Waals surface area contributed by atoms with Gasteiger partial charge in [0.2, 0.25) is 0 Å². The summed E-state index contributed by atoms with van der Waals surface area (Å²) in [6.45, 7) is 4.66. The smallest absolute Gasteiger partial charge is 0.123 e. The van der Waals surface area contributed by atoms with Gasteiger partial charge in [0.1, 0.15) is 11.5 Å². The fraction of sp³-hybridized carbons (Fsp3) is 0.231. The van der Waals surface area contributed by atoms with Crippen LogP contribution in [0.4, 0.5) is 5.69 Å². The van der Waals surface area contributed by atoms with E-state index in [9.17, 15) is 0 Å². The van der Waals surface area contributed by atoms with Gasteiger partial charge in [0.15, 0.2) is 0 Å². The zero-order chi connectivity index (χ0) is 11.5. The summed E-state index contributed by atoms with van der Waals surface area (Å²) >= 11 is 5.94. The number of hydrogen-bond acceptors (Lipinski definition) is 2. The second kappa shape index (κ2) is 4.62. The Bertz CT molecular complexity index is 490. The Morgan fingerprint density at radius 2 is 2.00 bits per heavy atom. The third kappa shape index (κ3) is 2.58. The highest BCUT2D eigenvalue weighted by Gasteiger charge is 2.01. The maximum Gasteiger partial charge on any atom is 0.123 e. The van der Waals surface area contributed by atoms with E-state index in [1.54, 1.807) is 0 Å². The van der Waals surface area contributed by atoms with Crippen LogP contribution in [-0.4, -0.2) is 0 Å². The largest absolute Gasteiger partial charge is 0.465 e. The minimum atomic E-state index is 0.676. The monoisotopic (exact) mass is 235 g/mol. The van der Waals surface area contributed by atoms with Crippen LogP contribution < -0.4 is 5.32 Å². The molecule has 3 heteroatoms. The lowest BCUT2D eigenvalue weighted by molar-refractivity contribution is 0.490. The number of nitrogens with one attached hydrogen (secondary N) is 1. The van der Waals surface area contributed by atoms with Gasteiger partial charge in [-0.25, -0.2) is 0 Å². The van der Waals surface area contributed by atoms with Gasteiger partial charge in [-0.3, -0.25) is 0 Å². The van der Waals surface area contributed by atoms with Gasteiger partial charge in [-0.1, -0.05) is 17.7 Å². The van der Waals surface area contributed by atoms with Gasteiger partial charge >= 0.3 is 0 Å². The van der Waals surface area contributed by atoms with E-state index in [-0.39, 0.29) is 0 Å². The van der Waals surface area contributed by atoms with Crippen LogP contribution in [0, 0.1) is 13.8 Å². The third-order valence-electron chi connectivity index (χ3n) is 2.45. The van der Waals surface area contributed by atoms with Crippen LogP contribution in [0.2, 0.25) is 5.02 Å². The summed E-state index contributed by atoms with van der Waals surface area (Å²) in [4.78, 5) is 0. The molecular formula is C13H14ClNO. The molecule has 0 atom stereocenters. The van der Waals surface area contributed by atoms with Crippen LogP contribution >= 0.6 is 11.6 Å². The number of hydrogen-bond donors (Lipinski definition) is 1. The SMILES string of the molecule is Cc1ccc(CNc2cc(Cl)ccc2C)o1. The normalized spacial score (nSPS) is 10.4. The number of benzene rings is 1. The summed E-state index contributed by atoms with van der Waals surface area (Å²) in [6, 6.07) is 9.74. The maximum atomic E-state index is 5.94. The van der Waals surface area contributed by atoms with E-state index in [4.69, 9.17) is 16.0 Å². The van der Waals surface area contributed by atoms with Crippen molar-refractivity contribution in [1.29, 1.82) is 0 Å². The Morgan fingerprint density at radius 1 is 1.19 bits per heavy atom. The van der Waals surface area contributed by atoms with Crippen LogP contribution in [0.5, 0.6) is 0 Å². The molecule has 0 radical (unpaired) electrons. The predicted octanol–water partition coefficient (Wildman–Crippen LogP) is 4.16. The van der Waals surface area contributed by atoms with E-state index in [0.29, 0.717) is 6.54 Å². The highest BCUT2D eigenvalue weighted by Crippen LogP contribution is 2.21. The fourth-order valence-electron chi connectivity index (χ4n) is 1.55. The van der Waals surface area contributed by atoms with Crippen LogP contribution in [0.3, 0.4) is 0 Å². The highest BCUT2D eigenvalue weighted by atomic mass is 35.5. The van der Waals surface area contributed by atoms with E-state index in [1.165, 1.54) is 5.56 Å². The van der Waals surface area contributed by atoms with Crippen LogP contribution in [0.15, 0.2) is 34.7 Å². The fourth-order valence-corrected chi connectivity index (χ4v) is 1.72. The van der Waals surface area contributed by atoms with E-state index in [0.717, 1.165) is 22.2 Å². The van der Waals surface area contributed by atoms with Gasteiger partial charge in [-0.15, -0.1) is 0 Å². The molecule has 2 nitrogen and oxygen atoms in total. The Labute approximate surface area is 100 Å². The van der Waals surface area contributed by atoms with Gasteiger partial charge in [0.25, 0.3) is 0 Å². The van der Waals surface area contributed by atoms with Crippen molar-refractivity contribution in [3.05, 3.63) is 52.4 Å². The van der Waals surface area contributed by atoms with E-state index in [2.05, 4.69) is 5.32 Å². The van der Waals surface area contributed by atoms with Gasteiger partial charge in [0, 0.05) is 10.7 Å². The quantitative estimate of drug-likeness (QED) is 0.864. The predicted molar refractivity (Wildman–Crippen MR) is 67.0 cm³/mol. The number of furan rings is 1. The van der Waals surface area contributed by atoms with Crippen LogP contribution in [0.1, 0.15) is 17.1 Å². The molecule has 0 spiro atoms. The molecule has 2 rings (SSSR count). The number of halogens is 1. The summed E-state index contributed by atoms with van der Waals surface area (Å²) in [7, 11) is 0. The zero-order valence-electron chi connectivity index (χ0n) is 9.38.